The molecule has 92 valence electrons. The summed E-state index contributed by atoms with van der Waals surface area (Å²) >= 11 is 5.87. The molecule has 2 aromatic rings. The van der Waals surface area contributed by atoms with Gasteiger partial charge in [0.1, 0.15) is 5.52 Å². The fourth-order valence-electron chi connectivity index (χ4n) is 1.91. The molecular formula is C11H16ClN5. The van der Waals surface area contributed by atoms with E-state index in [1.54, 1.807) is 6.33 Å². The van der Waals surface area contributed by atoms with Crippen molar-refractivity contribution in [2.75, 3.05) is 5.32 Å². The van der Waals surface area contributed by atoms with E-state index in [4.69, 9.17) is 11.6 Å². The maximum absolute atomic E-state index is 5.87. The monoisotopic (exact) mass is 253 g/mol. The lowest BCUT2D eigenvalue weighted by Gasteiger charge is -2.26. The summed E-state index contributed by atoms with van der Waals surface area (Å²) in [6.45, 7) is 6.42. The summed E-state index contributed by atoms with van der Waals surface area (Å²) in [6.07, 6.45) is 3.74. The number of H-pyrrole nitrogens is 1. The zero-order chi connectivity index (χ0) is 12.5. The summed E-state index contributed by atoms with van der Waals surface area (Å²) in [6, 6.07) is 0. The first-order valence-electron chi connectivity index (χ1n) is 5.66. The molecule has 2 rings (SSSR count). The van der Waals surface area contributed by atoms with E-state index in [1.165, 1.54) is 0 Å². The molecule has 0 atom stereocenters. The van der Waals surface area contributed by atoms with Crippen LogP contribution in [0.15, 0.2) is 6.33 Å². The molecule has 0 aliphatic rings. The molecule has 0 saturated heterocycles. The second-order valence-corrected chi connectivity index (χ2v) is 5.04. The molecule has 0 saturated carbocycles. The van der Waals surface area contributed by atoms with Crippen molar-refractivity contribution in [3.8, 4) is 0 Å². The lowest BCUT2D eigenvalue weighted by atomic mass is 9.99. The summed E-state index contributed by atoms with van der Waals surface area (Å²) < 4.78 is 0. The van der Waals surface area contributed by atoms with Crippen LogP contribution in [-0.2, 0) is 0 Å². The SMILES string of the molecule is CCCC(C)(C)Nc1nc(Cl)nc2nc[nH]c12. The third-order valence-corrected chi connectivity index (χ3v) is 2.76. The van der Waals surface area contributed by atoms with E-state index >= 15 is 0 Å². The van der Waals surface area contributed by atoms with Crippen molar-refractivity contribution >= 4 is 28.6 Å². The smallest absolute Gasteiger partial charge is 0.226 e. The standard InChI is InChI=1S/C11H16ClN5/c1-4-5-11(2,3)17-9-7-8(14-6-13-7)15-10(12)16-9/h6H,4-5H2,1-3H3,(H2,13,14,15,16,17). The number of nitrogens with zero attached hydrogens (tertiary/aromatic N) is 3. The van der Waals surface area contributed by atoms with Gasteiger partial charge in [0.05, 0.1) is 6.33 Å². The molecule has 0 radical (unpaired) electrons. The Bertz CT molecular complexity index is 520. The van der Waals surface area contributed by atoms with Crippen LogP contribution in [0, 0.1) is 0 Å². The van der Waals surface area contributed by atoms with E-state index in [2.05, 4.69) is 46.0 Å². The number of aromatic nitrogens is 4. The molecule has 0 bridgehead atoms. The van der Waals surface area contributed by atoms with Gasteiger partial charge >= 0.3 is 0 Å². The molecule has 0 aliphatic carbocycles. The van der Waals surface area contributed by atoms with Crippen molar-refractivity contribution in [1.29, 1.82) is 0 Å². The summed E-state index contributed by atoms with van der Waals surface area (Å²) in [5.74, 6) is 0.705. The van der Waals surface area contributed by atoms with Crippen molar-refractivity contribution in [2.45, 2.75) is 39.2 Å². The second kappa shape index (κ2) is 4.49. The van der Waals surface area contributed by atoms with Gasteiger partial charge in [0.15, 0.2) is 11.5 Å². The molecule has 2 aromatic heterocycles. The van der Waals surface area contributed by atoms with Gasteiger partial charge in [-0.25, -0.2) is 4.98 Å². The van der Waals surface area contributed by atoms with Gasteiger partial charge in [-0.15, -0.1) is 0 Å². The van der Waals surface area contributed by atoms with Crippen LogP contribution in [0.25, 0.3) is 11.2 Å². The van der Waals surface area contributed by atoms with Crippen molar-refractivity contribution in [3.05, 3.63) is 11.6 Å². The number of hydrogen-bond donors (Lipinski definition) is 2. The number of hydrogen-bond acceptors (Lipinski definition) is 4. The molecule has 6 heteroatoms. The van der Waals surface area contributed by atoms with Crippen molar-refractivity contribution in [3.63, 3.8) is 0 Å². The van der Waals surface area contributed by atoms with Gasteiger partial charge in [0.25, 0.3) is 0 Å². The Morgan fingerprint density at radius 2 is 2.18 bits per heavy atom. The molecule has 0 spiro atoms. The molecule has 0 amide bonds. The first kappa shape index (κ1) is 12.1. The van der Waals surface area contributed by atoms with Crippen LogP contribution < -0.4 is 5.32 Å². The van der Waals surface area contributed by atoms with Crippen LogP contribution in [-0.4, -0.2) is 25.5 Å². The molecule has 0 aliphatic heterocycles. The zero-order valence-electron chi connectivity index (χ0n) is 10.2. The van der Waals surface area contributed by atoms with Gasteiger partial charge < -0.3 is 10.3 Å². The number of anilines is 1. The highest BCUT2D eigenvalue weighted by Crippen LogP contribution is 2.24. The Morgan fingerprint density at radius 1 is 1.41 bits per heavy atom. The third-order valence-electron chi connectivity index (χ3n) is 2.59. The molecule has 5 nitrogen and oxygen atoms in total. The van der Waals surface area contributed by atoms with Gasteiger partial charge in [0, 0.05) is 5.54 Å². The first-order chi connectivity index (χ1) is 8.02. The van der Waals surface area contributed by atoms with Crippen LogP contribution in [0.1, 0.15) is 33.6 Å². The van der Waals surface area contributed by atoms with Gasteiger partial charge in [-0.05, 0) is 31.9 Å². The quantitative estimate of drug-likeness (QED) is 0.822. The number of aromatic amines is 1. The number of halogens is 1. The molecular weight excluding hydrogens is 238 g/mol. The Balaban J connectivity index is 2.37. The van der Waals surface area contributed by atoms with Crippen molar-refractivity contribution < 1.29 is 0 Å². The Morgan fingerprint density at radius 3 is 2.88 bits per heavy atom. The van der Waals surface area contributed by atoms with Crippen LogP contribution in [0.2, 0.25) is 5.28 Å². The normalized spacial score (nSPS) is 12.0. The van der Waals surface area contributed by atoms with Gasteiger partial charge in [-0.3, -0.25) is 0 Å². The van der Waals surface area contributed by atoms with Crippen molar-refractivity contribution in [1.82, 2.24) is 19.9 Å². The molecule has 0 fully saturated rings. The fraction of sp³-hybridized carbons (Fsp3) is 0.545. The van der Waals surface area contributed by atoms with E-state index in [1.807, 2.05) is 0 Å². The van der Waals surface area contributed by atoms with E-state index in [0.717, 1.165) is 18.4 Å². The second-order valence-electron chi connectivity index (χ2n) is 4.70. The van der Waals surface area contributed by atoms with E-state index in [9.17, 15) is 0 Å². The lowest BCUT2D eigenvalue weighted by Crippen LogP contribution is -2.31. The highest BCUT2D eigenvalue weighted by molar-refractivity contribution is 6.28. The molecule has 2 heterocycles. The number of nitrogens with one attached hydrogen (secondary N) is 2. The maximum Gasteiger partial charge on any atom is 0.226 e. The summed E-state index contributed by atoms with van der Waals surface area (Å²) in [4.78, 5) is 15.4. The fourth-order valence-corrected chi connectivity index (χ4v) is 2.07. The molecule has 0 aromatic carbocycles. The molecule has 17 heavy (non-hydrogen) atoms. The third kappa shape index (κ3) is 2.66. The van der Waals surface area contributed by atoms with E-state index in [0.29, 0.717) is 11.5 Å². The Labute approximate surface area is 105 Å². The number of fused-ring (bicyclic) bond motifs is 1. The highest BCUT2D eigenvalue weighted by atomic mass is 35.5. The van der Waals surface area contributed by atoms with Gasteiger partial charge in [-0.1, -0.05) is 13.3 Å². The highest BCUT2D eigenvalue weighted by Gasteiger charge is 2.19. The minimum Gasteiger partial charge on any atom is -0.363 e. The van der Waals surface area contributed by atoms with Crippen LogP contribution in [0.4, 0.5) is 5.82 Å². The minimum atomic E-state index is -0.0372. The minimum absolute atomic E-state index is 0.0372. The predicted molar refractivity (Wildman–Crippen MR) is 69.3 cm³/mol. The summed E-state index contributed by atoms with van der Waals surface area (Å²) in [5, 5.41) is 3.59. The van der Waals surface area contributed by atoms with E-state index < -0.39 is 0 Å². The first-order valence-corrected chi connectivity index (χ1v) is 6.04. The molecule has 0 unspecified atom stereocenters. The topological polar surface area (TPSA) is 66.5 Å². The lowest BCUT2D eigenvalue weighted by molar-refractivity contribution is 0.509. The summed E-state index contributed by atoms with van der Waals surface area (Å²) in [7, 11) is 0. The number of imidazole rings is 1. The predicted octanol–water partition coefficient (Wildman–Crippen LogP) is 3.00. The van der Waals surface area contributed by atoms with Crippen molar-refractivity contribution in [2.24, 2.45) is 0 Å². The largest absolute Gasteiger partial charge is 0.363 e. The van der Waals surface area contributed by atoms with Gasteiger partial charge in [-0.2, -0.15) is 9.97 Å². The van der Waals surface area contributed by atoms with Gasteiger partial charge in [0.2, 0.25) is 5.28 Å². The zero-order valence-corrected chi connectivity index (χ0v) is 11.0. The Hall–Kier alpha value is -1.36. The number of rotatable bonds is 4. The van der Waals surface area contributed by atoms with Crippen LogP contribution >= 0.6 is 11.6 Å². The van der Waals surface area contributed by atoms with Crippen LogP contribution in [0.3, 0.4) is 0 Å². The maximum atomic E-state index is 5.87. The molecule has 2 N–H and O–H groups in total. The van der Waals surface area contributed by atoms with E-state index in [-0.39, 0.29) is 10.8 Å². The average Bonchev–Trinajstić information content (AvgIpc) is 2.64. The van der Waals surface area contributed by atoms with Crippen LogP contribution in [0.5, 0.6) is 0 Å². The average molecular weight is 254 g/mol. The summed E-state index contributed by atoms with van der Waals surface area (Å²) in [5.41, 5.74) is 1.34. The Kier molecular flexibility index (Phi) is 3.19.